The summed E-state index contributed by atoms with van der Waals surface area (Å²) in [6.07, 6.45) is -3.03. The third-order valence-electron chi connectivity index (χ3n) is 4.69. The van der Waals surface area contributed by atoms with Gasteiger partial charge in [-0.1, -0.05) is 18.2 Å². The minimum Gasteiger partial charge on any atom is -0.369 e. The number of guanidine groups is 1. The van der Waals surface area contributed by atoms with E-state index in [1.165, 1.54) is 5.69 Å². The fourth-order valence-corrected chi connectivity index (χ4v) is 3.17. The van der Waals surface area contributed by atoms with Gasteiger partial charge in [0, 0.05) is 51.5 Å². The van der Waals surface area contributed by atoms with Gasteiger partial charge in [-0.15, -0.1) is 0 Å². The molecule has 158 valence electrons. The van der Waals surface area contributed by atoms with E-state index in [1.807, 2.05) is 13.0 Å². The average molecular weight is 400 g/mol. The third-order valence-corrected chi connectivity index (χ3v) is 4.69. The molecule has 1 heterocycles. The molecule has 28 heavy (non-hydrogen) atoms. The molecule has 2 rings (SSSR count). The first-order valence-electron chi connectivity index (χ1n) is 10.1. The molecule has 1 fully saturated rings. The van der Waals surface area contributed by atoms with Gasteiger partial charge in [0.1, 0.15) is 0 Å². The van der Waals surface area contributed by atoms with Crippen LogP contribution in [0.1, 0.15) is 26.2 Å². The third kappa shape index (κ3) is 8.82. The number of nitrogens with one attached hydrogen (secondary N) is 2. The van der Waals surface area contributed by atoms with Crippen molar-refractivity contribution in [3.63, 3.8) is 0 Å². The smallest absolute Gasteiger partial charge is 0.369 e. The maximum absolute atomic E-state index is 12.2. The highest BCUT2D eigenvalue weighted by atomic mass is 19.4. The van der Waals surface area contributed by atoms with Crippen LogP contribution in [0.25, 0.3) is 0 Å². The van der Waals surface area contributed by atoms with E-state index >= 15 is 0 Å². The van der Waals surface area contributed by atoms with E-state index in [1.54, 1.807) is 0 Å². The summed E-state index contributed by atoms with van der Waals surface area (Å²) >= 11 is 0. The van der Waals surface area contributed by atoms with Crippen LogP contribution in [0.4, 0.5) is 18.9 Å². The highest BCUT2D eigenvalue weighted by Gasteiger charge is 2.26. The Kier molecular flexibility index (Phi) is 9.40. The van der Waals surface area contributed by atoms with Crippen molar-refractivity contribution in [3.8, 4) is 0 Å². The molecule has 0 aromatic heterocycles. The molecule has 1 aliphatic rings. The number of unbranched alkanes of at least 4 members (excludes halogenated alkanes) is 1. The van der Waals surface area contributed by atoms with Gasteiger partial charge in [-0.2, -0.15) is 13.2 Å². The van der Waals surface area contributed by atoms with Gasteiger partial charge in [0.25, 0.3) is 0 Å². The number of anilines is 1. The number of benzene rings is 1. The first-order chi connectivity index (χ1) is 13.5. The largest absolute Gasteiger partial charge is 0.390 e. The van der Waals surface area contributed by atoms with Gasteiger partial charge < -0.3 is 15.5 Å². The predicted octanol–water partition coefficient (Wildman–Crippen LogP) is 3.10. The van der Waals surface area contributed by atoms with E-state index in [0.717, 1.165) is 45.6 Å². The van der Waals surface area contributed by atoms with Crippen molar-refractivity contribution in [2.45, 2.75) is 32.4 Å². The number of piperazine rings is 1. The Labute approximate surface area is 166 Å². The van der Waals surface area contributed by atoms with E-state index in [2.05, 4.69) is 49.7 Å². The molecule has 1 aromatic rings. The summed E-state index contributed by atoms with van der Waals surface area (Å²) in [5.74, 6) is 0.461. The van der Waals surface area contributed by atoms with Gasteiger partial charge in [0.15, 0.2) is 5.96 Å². The van der Waals surface area contributed by atoms with Crippen molar-refractivity contribution in [2.24, 2.45) is 4.99 Å². The second kappa shape index (κ2) is 11.8. The van der Waals surface area contributed by atoms with E-state index in [0.29, 0.717) is 19.0 Å². The number of halogens is 3. The Balaban J connectivity index is 1.60. The second-order valence-electron chi connectivity index (χ2n) is 6.92. The average Bonchev–Trinajstić information content (AvgIpc) is 2.68. The molecule has 0 spiro atoms. The first kappa shape index (κ1) is 22.3. The molecule has 5 nitrogen and oxygen atoms in total. The number of hydrogen-bond acceptors (Lipinski definition) is 3. The number of rotatable bonds is 9. The number of hydrogen-bond donors (Lipinski definition) is 2. The zero-order chi connectivity index (χ0) is 20.2. The Bertz CT molecular complexity index is 569. The lowest BCUT2D eigenvalue weighted by Crippen LogP contribution is -2.46. The molecule has 1 aromatic carbocycles. The van der Waals surface area contributed by atoms with Crippen molar-refractivity contribution >= 4 is 11.6 Å². The van der Waals surface area contributed by atoms with Gasteiger partial charge in [0.2, 0.25) is 0 Å². The van der Waals surface area contributed by atoms with Crippen LogP contribution in [0.2, 0.25) is 0 Å². The molecule has 0 amide bonds. The summed E-state index contributed by atoms with van der Waals surface area (Å²) in [7, 11) is 0. The standard InChI is InChI=1S/C20H32F3N5/c1-2-24-19(26-12-10-20(21,22)23)25-11-6-7-13-27-14-16-28(17-15-27)18-8-4-3-5-9-18/h3-5,8-9H,2,6-7,10-17H2,1H3,(H2,24,25,26). The molecule has 8 heteroatoms. The normalized spacial score (nSPS) is 16.3. The van der Waals surface area contributed by atoms with Crippen molar-refractivity contribution in [1.29, 1.82) is 0 Å². The number of alkyl halides is 3. The zero-order valence-corrected chi connectivity index (χ0v) is 16.6. The van der Waals surface area contributed by atoms with Crippen LogP contribution in [0.3, 0.4) is 0 Å². The van der Waals surface area contributed by atoms with Crippen molar-refractivity contribution in [3.05, 3.63) is 30.3 Å². The molecule has 2 N–H and O–H groups in total. The molecule has 0 saturated carbocycles. The van der Waals surface area contributed by atoms with Gasteiger partial charge in [-0.3, -0.25) is 9.89 Å². The Morgan fingerprint density at radius 1 is 1.04 bits per heavy atom. The zero-order valence-electron chi connectivity index (χ0n) is 16.6. The van der Waals surface area contributed by atoms with Crippen LogP contribution in [0, 0.1) is 0 Å². The van der Waals surface area contributed by atoms with E-state index < -0.39 is 12.6 Å². The maximum atomic E-state index is 12.2. The summed E-state index contributed by atoms with van der Waals surface area (Å²) in [5.41, 5.74) is 1.28. The van der Waals surface area contributed by atoms with Gasteiger partial charge >= 0.3 is 6.18 Å². The van der Waals surface area contributed by atoms with E-state index in [4.69, 9.17) is 0 Å². The molecular weight excluding hydrogens is 367 g/mol. The van der Waals surface area contributed by atoms with Crippen LogP contribution in [0.15, 0.2) is 35.3 Å². The fraction of sp³-hybridized carbons (Fsp3) is 0.650. The number of aliphatic imine (C=N–C) groups is 1. The summed E-state index contributed by atoms with van der Waals surface area (Å²) < 4.78 is 36.7. The van der Waals surface area contributed by atoms with E-state index in [9.17, 15) is 13.2 Å². The number of para-hydroxylation sites is 1. The Morgan fingerprint density at radius 2 is 1.75 bits per heavy atom. The van der Waals surface area contributed by atoms with Crippen molar-refractivity contribution < 1.29 is 13.2 Å². The minimum absolute atomic E-state index is 0.152. The van der Waals surface area contributed by atoms with Gasteiger partial charge in [-0.25, -0.2) is 0 Å². The summed E-state index contributed by atoms with van der Waals surface area (Å²) in [4.78, 5) is 9.25. The molecular formula is C20H32F3N5. The lowest BCUT2D eigenvalue weighted by atomic mass is 10.2. The molecule has 1 saturated heterocycles. The molecule has 1 aliphatic heterocycles. The molecule has 0 aliphatic carbocycles. The van der Waals surface area contributed by atoms with Gasteiger partial charge in [0.05, 0.1) is 6.42 Å². The Hall–Kier alpha value is -1.96. The Morgan fingerprint density at radius 3 is 2.39 bits per heavy atom. The van der Waals surface area contributed by atoms with Crippen molar-refractivity contribution in [2.75, 3.05) is 57.3 Å². The van der Waals surface area contributed by atoms with Gasteiger partial charge in [-0.05, 0) is 38.4 Å². The first-order valence-corrected chi connectivity index (χ1v) is 10.1. The predicted molar refractivity (Wildman–Crippen MR) is 109 cm³/mol. The summed E-state index contributed by atoms with van der Waals surface area (Å²) in [6.45, 7) is 8.22. The summed E-state index contributed by atoms with van der Waals surface area (Å²) in [5, 5.41) is 5.73. The fourth-order valence-electron chi connectivity index (χ4n) is 3.17. The van der Waals surface area contributed by atoms with Crippen LogP contribution in [-0.2, 0) is 0 Å². The highest BCUT2D eigenvalue weighted by molar-refractivity contribution is 5.79. The van der Waals surface area contributed by atoms with Crippen LogP contribution in [0.5, 0.6) is 0 Å². The van der Waals surface area contributed by atoms with E-state index in [-0.39, 0.29) is 6.54 Å². The quantitative estimate of drug-likeness (QED) is 0.381. The lowest BCUT2D eigenvalue weighted by molar-refractivity contribution is -0.132. The lowest BCUT2D eigenvalue weighted by Gasteiger charge is -2.36. The van der Waals surface area contributed by atoms with Crippen LogP contribution in [-0.4, -0.2) is 69.4 Å². The van der Waals surface area contributed by atoms with Crippen LogP contribution >= 0.6 is 0 Å². The monoisotopic (exact) mass is 399 g/mol. The van der Waals surface area contributed by atoms with Crippen LogP contribution < -0.4 is 15.5 Å². The topological polar surface area (TPSA) is 42.9 Å². The highest BCUT2D eigenvalue weighted by Crippen LogP contribution is 2.18. The molecule has 0 bridgehead atoms. The minimum atomic E-state index is -4.14. The maximum Gasteiger partial charge on any atom is 0.390 e. The number of nitrogens with zero attached hydrogens (tertiary/aromatic N) is 3. The molecule has 0 radical (unpaired) electrons. The molecule has 0 unspecified atom stereocenters. The summed E-state index contributed by atoms with van der Waals surface area (Å²) in [6, 6.07) is 10.5. The molecule has 0 atom stereocenters. The van der Waals surface area contributed by atoms with Crippen molar-refractivity contribution in [1.82, 2.24) is 15.5 Å². The SMILES string of the molecule is CCNC(=NCCCCN1CCN(c2ccccc2)CC1)NCCC(F)(F)F. The second-order valence-corrected chi connectivity index (χ2v) is 6.92.